The van der Waals surface area contributed by atoms with E-state index >= 15 is 0 Å². The van der Waals surface area contributed by atoms with Crippen molar-refractivity contribution < 1.29 is 0 Å². The van der Waals surface area contributed by atoms with Crippen molar-refractivity contribution >= 4 is 0 Å². The van der Waals surface area contributed by atoms with Crippen LogP contribution in [0, 0.1) is 0 Å². The molecule has 0 aliphatic heterocycles. The second-order valence-electron chi connectivity index (χ2n) is 5.78. The highest BCUT2D eigenvalue weighted by Gasteiger charge is 2.09. The summed E-state index contributed by atoms with van der Waals surface area (Å²) < 4.78 is 0. The van der Waals surface area contributed by atoms with Gasteiger partial charge in [-0.2, -0.15) is 0 Å². The van der Waals surface area contributed by atoms with E-state index < -0.39 is 0 Å². The molecule has 0 fully saturated rings. The Morgan fingerprint density at radius 3 is 1.61 bits per heavy atom. The molecule has 0 unspecified atom stereocenters. The molecule has 0 aliphatic rings. The Bertz CT molecular complexity index is 336. The molecule has 0 saturated carbocycles. The molecule has 0 spiro atoms. The van der Waals surface area contributed by atoms with Crippen molar-refractivity contribution in [3.8, 4) is 0 Å². The molecule has 102 valence electrons. The van der Waals surface area contributed by atoms with Gasteiger partial charge in [0.25, 0.3) is 0 Å². The van der Waals surface area contributed by atoms with Crippen LogP contribution in [0.4, 0.5) is 0 Å². The maximum absolute atomic E-state index is 2.48. The van der Waals surface area contributed by atoms with Gasteiger partial charge < -0.3 is 0 Å². The van der Waals surface area contributed by atoms with Crippen molar-refractivity contribution in [3.63, 3.8) is 0 Å². The highest BCUT2D eigenvalue weighted by Crippen LogP contribution is 2.24. The summed E-state index contributed by atoms with van der Waals surface area (Å²) in [6, 6.07) is 7.14. The Balaban J connectivity index is 3.03. The first-order chi connectivity index (χ1) is 8.47. The zero-order valence-corrected chi connectivity index (χ0v) is 13.0. The lowest BCUT2D eigenvalue weighted by Gasteiger charge is -2.20. The van der Waals surface area contributed by atoms with Crippen LogP contribution in [-0.4, -0.2) is 18.0 Å². The summed E-state index contributed by atoms with van der Waals surface area (Å²) in [7, 11) is 0. The van der Waals surface area contributed by atoms with E-state index in [1.807, 2.05) is 0 Å². The monoisotopic (exact) mass is 247 g/mol. The molecule has 1 nitrogen and oxygen atoms in total. The lowest BCUT2D eigenvalue weighted by Crippen LogP contribution is -2.22. The molecule has 1 aromatic rings. The third-order valence-electron chi connectivity index (χ3n) is 3.67. The van der Waals surface area contributed by atoms with Gasteiger partial charge in [0.15, 0.2) is 0 Å². The molecule has 0 saturated heterocycles. The minimum absolute atomic E-state index is 0.610. The maximum Gasteiger partial charge on any atom is 0.0233 e. The van der Waals surface area contributed by atoms with E-state index in [9.17, 15) is 0 Å². The van der Waals surface area contributed by atoms with E-state index in [1.165, 1.54) is 16.7 Å². The van der Waals surface area contributed by atoms with E-state index in [-0.39, 0.29) is 0 Å². The molecule has 0 aromatic heterocycles. The average molecular weight is 247 g/mol. The zero-order valence-electron chi connectivity index (χ0n) is 13.0. The fourth-order valence-electron chi connectivity index (χ4n) is 2.21. The van der Waals surface area contributed by atoms with Gasteiger partial charge >= 0.3 is 0 Å². The molecule has 0 heterocycles. The Morgan fingerprint density at radius 1 is 0.833 bits per heavy atom. The lowest BCUT2D eigenvalue weighted by molar-refractivity contribution is 0.295. The number of hydrogen-bond donors (Lipinski definition) is 0. The predicted octanol–water partition coefficient (Wildman–Crippen LogP) is 4.78. The Morgan fingerprint density at radius 2 is 1.28 bits per heavy atom. The van der Waals surface area contributed by atoms with E-state index in [0.717, 1.165) is 19.6 Å². The van der Waals surface area contributed by atoms with Crippen LogP contribution in [0.25, 0.3) is 0 Å². The van der Waals surface area contributed by atoms with Gasteiger partial charge in [0.1, 0.15) is 0 Å². The van der Waals surface area contributed by atoms with Crippen molar-refractivity contribution in [1.29, 1.82) is 0 Å². The summed E-state index contributed by atoms with van der Waals surface area (Å²) in [6.45, 7) is 16.9. The number of rotatable bonds is 6. The topological polar surface area (TPSA) is 3.24 Å². The molecule has 1 aromatic carbocycles. The first-order valence-corrected chi connectivity index (χ1v) is 7.34. The van der Waals surface area contributed by atoms with Crippen molar-refractivity contribution in [2.45, 2.75) is 59.9 Å². The molecule has 0 amide bonds. The van der Waals surface area contributed by atoms with Gasteiger partial charge in [-0.05, 0) is 41.6 Å². The van der Waals surface area contributed by atoms with Crippen LogP contribution in [0.2, 0.25) is 0 Å². The van der Waals surface area contributed by atoms with Gasteiger partial charge in [-0.15, -0.1) is 0 Å². The SMILES string of the molecule is CCN(CC)Cc1cc(C(C)C)cc(C(C)C)c1. The lowest BCUT2D eigenvalue weighted by atomic mass is 9.93. The van der Waals surface area contributed by atoms with Crippen molar-refractivity contribution in [2.24, 2.45) is 0 Å². The fourth-order valence-corrected chi connectivity index (χ4v) is 2.21. The normalized spacial score (nSPS) is 11.8. The summed E-state index contributed by atoms with van der Waals surface area (Å²) in [6.07, 6.45) is 0. The summed E-state index contributed by atoms with van der Waals surface area (Å²) in [5, 5.41) is 0. The van der Waals surface area contributed by atoms with Gasteiger partial charge in [-0.25, -0.2) is 0 Å². The summed E-state index contributed by atoms with van der Waals surface area (Å²) >= 11 is 0. The number of nitrogens with zero attached hydrogens (tertiary/aromatic N) is 1. The molecule has 0 aliphatic carbocycles. The van der Waals surface area contributed by atoms with Crippen LogP contribution in [0.5, 0.6) is 0 Å². The fraction of sp³-hybridized carbons (Fsp3) is 0.647. The van der Waals surface area contributed by atoms with Crippen LogP contribution in [0.1, 0.15) is 70.1 Å². The molecule has 0 atom stereocenters. The van der Waals surface area contributed by atoms with Crippen LogP contribution < -0.4 is 0 Å². The Hall–Kier alpha value is -0.820. The smallest absolute Gasteiger partial charge is 0.0233 e. The highest BCUT2D eigenvalue weighted by molar-refractivity contribution is 5.33. The van der Waals surface area contributed by atoms with Crippen molar-refractivity contribution in [2.75, 3.05) is 13.1 Å². The number of benzene rings is 1. The van der Waals surface area contributed by atoms with E-state index in [2.05, 4.69) is 64.6 Å². The van der Waals surface area contributed by atoms with Crippen LogP contribution in [0.15, 0.2) is 18.2 Å². The first-order valence-electron chi connectivity index (χ1n) is 7.34. The maximum atomic E-state index is 2.48. The molecule has 1 heteroatoms. The highest BCUT2D eigenvalue weighted by atomic mass is 15.1. The second kappa shape index (κ2) is 6.94. The Kier molecular flexibility index (Phi) is 5.87. The predicted molar refractivity (Wildman–Crippen MR) is 81.2 cm³/mol. The van der Waals surface area contributed by atoms with Crippen molar-refractivity contribution in [3.05, 3.63) is 34.9 Å². The largest absolute Gasteiger partial charge is 0.300 e. The van der Waals surface area contributed by atoms with Gasteiger partial charge in [0.2, 0.25) is 0 Å². The van der Waals surface area contributed by atoms with Crippen LogP contribution >= 0.6 is 0 Å². The molecule has 18 heavy (non-hydrogen) atoms. The van der Waals surface area contributed by atoms with Gasteiger partial charge in [0, 0.05) is 6.54 Å². The summed E-state index contributed by atoms with van der Waals surface area (Å²) in [5.74, 6) is 1.22. The minimum atomic E-state index is 0.610. The average Bonchev–Trinajstić information content (AvgIpc) is 2.35. The molecular weight excluding hydrogens is 218 g/mol. The van der Waals surface area contributed by atoms with Crippen LogP contribution in [0.3, 0.4) is 0 Å². The first kappa shape index (κ1) is 15.2. The minimum Gasteiger partial charge on any atom is -0.300 e. The molecule has 1 rings (SSSR count). The zero-order chi connectivity index (χ0) is 13.7. The van der Waals surface area contributed by atoms with Gasteiger partial charge in [-0.1, -0.05) is 59.7 Å². The van der Waals surface area contributed by atoms with Gasteiger partial charge in [0.05, 0.1) is 0 Å². The quantitative estimate of drug-likeness (QED) is 0.699. The molecule has 0 bridgehead atoms. The standard InChI is InChI=1S/C17H29N/c1-7-18(8-2)12-15-9-16(13(3)4)11-17(10-15)14(5)6/h9-11,13-14H,7-8,12H2,1-6H3. The van der Waals surface area contributed by atoms with Gasteiger partial charge in [-0.3, -0.25) is 4.90 Å². The molecule has 0 N–H and O–H groups in total. The summed E-state index contributed by atoms with van der Waals surface area (Å²) in [4.78, 5) is 2.48. The van der Waals surface area contributed by atoms with E-state index in [1.54, 1.807) is 0 Å². The van der Waals surface area contributed by atoms with E-state index in [0.29, 0.717) is 11.8 Å². The molecule has 0 radical (unpaired) electrons. The second-order valence-corrected chi connectivity index (χ2v) is 5.78. The Labute approximate surface area is 113 Å². The van der Waals surface area contributed by atoms with Crippen molar-refractivity contribution in [1.82, 2.24) is 4.90 Å². The number of hydrogen-bond acceptors (Lipinski definition) is 1. The third-order valence-corrected chi connectivity index (χ3v) is 3.67. The van der Waals surface area contributed by atoms with Crippen LogP contribution in [-0.2, 0) is 6.54 Å². The third kappa shape index (κ3) is 4.13. The molecular formula is C17H29N. The van der Waals surface area contributed by atoms with E-state index in [4.69, 9.17) is 0 Å². The summed E-state index contributed by atoms with van der Waals surface area (Å²) in [5.41, 5.74) is 4.42.